The number of morpholine rings is 1. The Bertz CT molecular complexity index is 1120. The average molecular weight is 461 g/mol. The molecule has 3 rings (SSSR count). The van der Waals surface area contributed by atoms with Gasteiger partial charge in [0.05, 0.1) is 20.3 Å². The first kappa shape index (κ1) is 24.7. The van der Waals surface area contributed by atoms with E-state index < -0.39 is 5.97 Å². The standard InChI is InChI=1S/C27H28N2O5/c1-19(2)22-8-4-20(5-9-22)7-11-26(30)34-24-10-6-21(17-25(24)32-3)16-23(18-28)27(31)29-12-14-33-15-13-29/h4-11,16-17,19H,12-15H2,1-3H3/b11-7+,23-16+. The second kappa shape index (κ2) is 11.8. The summed E-state index contributed by atoms with van der Waals surface area (Å²) in [5.41, 5.74) is 2.71. The third-order valence-corrected chi connectivity index (χ3v) is 5.37. The fourth-order valence-corrected chi connectivity index (χ4v) is 3.40. The van der Waals surface area contributed by atoms with E-state index in [0.717, 1.165) is 5.56 Å². The summed E-state index contributed by atoms with van der Waals surface area (Å²) in [5.74, 6) is 0.104. The Morgan fingerprint density at radius 1 is 1.06 bits per heavy atom. The lowest BCUT2D eigenvalue weighted by atomic mass is 10.0. The number of benzene rings is 2. The molecule has 0 aromatic heterocycles. The molecule has 7 nitrogen and oxygen atoms in total. The van der Waals surface area contributed by atoms with Gasteiger partial charge in [-0.15, -0.1) is 0 Å². The zero-order chi connectivity index (χ0) is 24.5. The van der Waals surface area contributed by atoms with E-state index in [1.807, 2.05) is 30.3 Å². The maximum Gasteiger partial charge on any atom is 0.336 e. The van der Waals surface area contributed by atoms with Crippen LogP contribution in [0.5, 0.6) is 11.5 Å². The van der Waals surface area contributed by atoms with Crippen LogP contribution in [0.2, 0.25) is 0 Å². The molecule has 2 aromatic rings. The van der Waals surface area contributed by atoms with E-state index in [1.54, 1.807) is 29.2 Å². The van der Waals surface area contributed by atoms with Crippen molar-refractivity contribution in [3.05, 3.63) is 70.8 Å². The van der Waals surface area contributed by atoms with Crippen LogP contribution in [0.15, 0.2) is 54.1 Å². The SMILES string of the molecule is COc1cc(/C=C(\C#N)C(=O)N2CCOCC2)ccc1OC(=O)/C=C/c1ccc(C(C)C)cc1. The number of carbonyl (C=O) groups is 2. The number of methoxy groups -OCH3 is 1. The highest BCUT2D eigenvalue weighted by Crippen LogP contribution is 2.29. The van der Waals surface area contributed by atoms with Gasteiger partial charge in [-0.25, -0.2) is 4.79 Å². The van der Waals surface area contributed by atoms with Gasteiger partial charge in [-0.2, -0.15) is 5.26 Å². The van der Waals surface area contributed by atoms with Crippen molar-refractivity contribution < 1.29 is 23.8 Å². The Balaban J connectivity index is 1.70. The molecule has 0 saturated carbocycles. The minimum absolute atomic E-state index is 0.0140. The highest BCUT2D eigenvalue weighted by molar-refractivity contribution is 6.01. The summed E-state index contributed by atoms with van der Waals surface area (Å²) in [7, 11) is 1.45. The fourth-order valence-electron chi connectivity index (χ4n) is 3.40. The number of amides is 1. The Labute approximate surface area is 199 Å². The molecule has 0 spiro atoms. The molecule has 1 aliphatic rings. The second-order valence-electron chi connectivity index (χ2n) is 8.06. The van der Waals surface area contributed by atoms with Crippen LogP contribution in [0.25, 0.3) is 12.2 Å². The van der Waals surface area contributed by atoms with Crippen LogP contribution in [0.3, 0.4) is 0 Å². The van der Waals surface area contributed by atoms with Crippen molar-refractivity contribution in [2.75, 3.05) is 33.4 Å². The molecule has 1 aliphatic heterocycles. The van der Waals surface area contributed by atoms with Gasteiger partial charge in [0.15, 0.2) is 11.5 Å². The summed E-state index contributed by atoms with van der Waals surface area (Å²) in [5, 5.41) is 9.48. The predicted octanol–water partition coefficient (Wildman–Crippen LogP) is 4.20. The molecule has 1 amide bonds. The van der Waals surface area contributed by atoms with Gasteiger partial charge in [-0.1, -0.05) is 44.2 Å². The third-order valence-electron chi connectivity index (χ3n) is 5.37. The van der Waals surface area contributed by atoms with Crippen molar-refractivity contribution in [1.82, 2.24) is 4.90 Å². The van der Waals surface area contributed by atoms with Gasteiger partial charge in [0.25, 0.3) is 5.91 Å². The highest BCUT2D eigenvalue weighted by Gasteiger charge is 2.20. The zero-order valence-electron chi connectivity index (χ0n) is 19.6. The topological polar surface area (TPSA) is 88.9 Å². The molecule has 176 valence electrons. The first-order valence-electron chi connectivity index (χ1n) is 11.1. The molecular weight excluding hydrogens is 432 g/mol. The smallest absolute Gasteiger partial charge is 0.336 e. The Kier molecular flexibility index (Phi) is 8.60. The highest BCUT2D eigenvalue weighted by atomic mass is 16.6. The summed E-state index contributed by atoms with van der Waals surface area (Å²) in [4.78, 5) is 26.5. The normalized spacial score (nSPS) is 14.2. The summed E-state index contributed by atoms with van der Waals surface area (Å²) in [6, 6.07) is 14.8. The number of nitrogens with zero attached hydrogens (tertiary/aromatic N) is 2. The second-order valence-corrected chi connectivity index (χ2v) is 8.06. The van der Waals surface area contributed by atoms with Crippen LogP contribution >= 0.6 is 0 Å². The van der Waals surface area contributed by atoms with Crippen molar-refractivity contribution >= 4 is 24.0 Å². The number of hydrogen-bond donors (Lipinski definition) is 0. The molecule has 1 saturated heterocycles. The van der Waals surface area contributed by atoms with E-state index in [0.29, 0.717) is 43.5 Å². The first-order chi connectivity index (χ1) is 16.4. The van der Waals surface area contributed by atoms with Crippen molar-refractivity contribution in [3.63, 3.8) is 0 Å². The van der Waals surface area contributed by atoms with Crippen molar-refractivity contribution in [2.45, 2.75) is 19.8 Å². The summed E-state index contributed by atoms with van der Waals surface area (Å²) in [6.45, 7) is 6.06. The average Bonchev–Trinajstić information content (AvgIpc) is 2.87. The van der Waals surface area contributed by atoms with Crippen LogP contribution in [-0.4, -0.2) is 50.2 Å². The molecule has 0 aliphatic carbocycles. The number of ether oxygens (including phenoxy) is 3. The largest absolute Gasteiger partial charge is 0.493 e. The fraction of sp³-hybridized carbons (Fsp3) is 0.296. The molecule has 0 bridgehead atoms. The van der Waals surface area contributed by atoms with Crippen LogP contribution in [0, 0.1) is 11.3 Å². The van der Waals surface area contributed by atoms with Crippen LogP contribution in [0.1, 0.15) is 36.5 Å². The monoisotopic (exact) mass is 460 g/mol. The lowest BCUT2D eigenvalue weighted by Gasteiger charge is -2.26. The van der Waals surface area contributed by atoms with Crippen molar-refractivity contribution in [1.29, 1.82) is 5.26 Å². The molecule has 0 atom stereocenters. The molecule has 34 heavy (non-hydrogen) atoms. The molecule has 1 fully saturated rings. The number of carbonyl (C=O) groups excluding carboxylic acids is 2. The van der Waals surface area contributed by atoms with E-state index in [9.17, 15) is 14.9 Å². The summed E-state index contributed by atoms with van der Waals surface area (Å²) < 4.78 is 16.0. The zero-order valence-corrected chi connectivity index (χ0v) is 19.6. The lowest BCUT2D eigenvalue weighted by molar-refractivity contribution is -0.130. The molecular formula is C27H28N2O5. The van der Waals surface area contributed by atoms with Gasteiger partial charge in [0.2, 0.25) is 0 Å². The van der Waals surface area contributed by atoms with Gasteiger partial charge in [0.1, 0.15) is 11.6 Å². The van der Waals surface area contributed by atoms with E-state index in [4.69, 9.17) is 14.2 Å². The van der Waals surface area contributed by atoms with Crippen LogP contribution < -0.4 is 9.47 Å². The summed E-state index contributed by atoms with van der Waals surface area (Å²) >= 11 is 0. The van der Waals surface area contributed by atoms with Gasteiger partial charge in [-0.3, -0.25) is 4.79 Å². The Hall–Kier alpha value is -3.89. The maximum atomic E-state index is 12.6. The third kappa shape index (κ3) is 6.56. The molecule has 1 heterocycles. The van der Waals surface area contributed by atoms with E-state index in [1.165, 1.54) is 24.8 Å². The number of esters is 1. The molecule has 2 aromatic carbocycles. The quantitative estimate of drug-likeness (QED) is 0.266. The van der Waals surface area contributed by atoms with Crippen molar-refractivity contribution in [2.24, 2.45) is 0 Å². The minimum atomic E-state index is -0.547. The number of hydrogen-bond acceptors (Lipinski definition) is 6. The van der Waals surface area contributed by atoms with Gasteiger partial charge in [0, 0.05) is 19.2 Å². The van der Waals surface area contributed by atoms with Crippen LogP contribution in [-0.2, 0) is 14.3 Å². The summed E-state index contributed by atoms with van der Waals surface area (Å²) in [6.07, 6.45) is 4.53. The first-order valence-corrected chi connectivity index (χ1v) is 11.1. The van der Waals surface area contributed by atoms with Gasteiger partial charge in [-0.05, 0) is 46.9 Å². The number of rotatable bonds is 7. The predicted molar refractivity (Wildman–Crippen MR) is 129 cm³/mol. The van der Waals surface area contributed by atoms with Crippen LogP contribution in [0.4, 0.5) is 0 Å². The molecule has 7 heteroatoms. The van der Waals surface area contributed by atoms with E-state index in [-0.39, 0.29) is 17.2 Å². The Morgan fingerprint density at radius 2 is 1.74 bits per heavy atom. The van der Waals surface area contributed by atoms with Gasteiger partial charge >= 0.3 is 5.97 Å². The molecule has 0 radical (unpaired) electrons. The number of nitriles is 1. The Morgan fingerprint density at radius 3 is 2.35 bits per heavy atom. The lowest BCUT2D eigenvalue weighted by Crippen LogP contribution is -2.41. The molecule has 0 unspecified atom stereocenters. The van der Waals surface area contributed by atoms with Gasteiger partial charge < -0.3 is 19.1 Å². The molecule has 0 N–H and O–H groups in total. The minimum Gasteiger partial charge on any atom is -0.493 e. The maximum absolute atomic E-state index is 12.6. The van der Waals surface area contributed by atoms with E-state index in [2.05, 4.69) is 13.8 Å². The van der Waals surface area contributed by atoms with Crippen molar-refractivity contribution in [3.8, 4) is 17.6 Å². The van der Waals surface area contributed by atoms with E-state index >= 15 is 0 Å².